The van der Waals surface area contributed by atoms with Crippen LogP contribution in [0.3, 0.4) is 0 Å². The Balaban J connectivity index is 1.51. The summed E-state index contributed by atoms with van der Waals surface area (Å²) in [6.07, 6.45) is 3.94. The number of amides is 1. The van der Waals surface area contributed by atoms with Crippen molar-refractivity contribution in [3.05, 3.63) is 41.4 Å². The summed E-state index contributed by atoms with van der Waals surface area (Å²) < 4.78 is 5.72. The van der Waals surface area contributed by atoms with Gasteiger partial charge >= 0.3 is 0 Å². The molecule has 3 aliphatic heterocycles. The molecular weight excluding hydrogens is 326 g/mol. The summed E-state index contributed by atoms with van der Waals surface area (Å²) in [6, 6.07) is 7.64. The van der Waals surface area contributed by atoms with Crippen molar-refractivity contribution < 1.29 is 9.21 Å². The van der Waals surface area contributed by atoms with Crippen LogP contribution < -0.4 is 5.32 Å². The lowest BCUT2D eigenvalue weighted by molar-refractivity contribution is 0.0211. The predicted molar refractivity (Wildman–Crippen MR) is 92.0 cm³/mol. The molecular formula is C18H20ClN3O2. The van der Waals surface area contributed by atoms with Gasteiger partial charge in [0.25, 0.3) is 5.91 Å². The highest BCUT2D eigenvalue weighted by molar-refractivity contribution is 6.31. The number of hydrogen-bond acceptors (Lipinski definition) is 4. The predicted octanol–water partition coefficient (Wildman–Crippen LogP) is 3.21. The van der Waals surface area contributed by atoms with Gasteiger partial charge in [-0.15, -0.1) is 0 Å². The number of aromatic nitrogens is 1. The third kappa shape index (κ3) is 2.72. The van der Waals surface area contributed by atoms with Gasteiger partial charge in [-0.05, 0) is 63.0 Å². The zero-order valence-corrected chi connectivity index (χ0v) is 14.3. The van der Waals surface area contributed by atoms with Crippen molar-refractivity contribution >= 4 is 17.5 Å². The van der Waals surface area contributed by atoms with Crippen LogP contribution in [0.25, 0.3) is 11.3 Å². The molecule has 0 radical (unpaired) electrons. The second-order valence-corrected chi connectivity index (χ2v) is 6.98. The smallest absolute Gasteiger partial charge is 0.287 e. The number of carbonyl (C=O) groups is 1. The van der Waals surface area contributed by atoms with Crippen LogP contribution in [0.1, 0.15) is 30.3 Å². The first-order chi connectivity index (χ1) is 11.6. The van der Waals surface area contributed by atoms with Crippen LogP contribution in [0.15, 0.2) is 34.9 Å². The van der Waals surface area contributed by atoms with Crippen LogP contribution >= 0.6 is 11.6 Å². The van der Waals surface area contributed by atoms with Gasteiger partial charge in [-0.1, -0.05) is 11.6 Å². The standard InChI is InChI=1S/C18H20ClN3O2/c1-11-16(12-6-9-22(11)10-7-12)21-18(23)15-5-4-14(24-15)13-3-2-8-20-17(13)19/h2-5,8,11-12,16H,6-7,9-10H2,1H3,(H,21,23)/t11-,16-/m0/s1. The van der Waals surface area contributed by atoms with Crippen molar-refractivity contribution in [2.24, 2.45) is 5.92 Å². The molecule has 2 atom stereocenters. The Bertz CT molecular complexity index is 750. The lowest BCUT2D eigenvalue weighted by Gasteiger charge is -2.49. The maximum Gasteiger partial charge on any atom is 0.287 e. The average Bonchev–Trinajstić information content (AvgIpc) is 3.09. The molecule has 2 aromatic rings. The van der Waals surface area contributed by atoms with E-state index < -0.39 is 0 Å². The molecule has 6 heteroatoms. The molecule has 0 spiro atoms. The molecule has 5 rings (SSSR count). The van der Waals surface area contributed by atoms with Gasteiger partial charge in [0.2, 0.25) is 0 Å². The SMILES string of the molecule is C[C@H]1[C@H](NC(=O)c2ccc(-c3cccnc3Cl)o2)C2CCN1CC2. The third-order valence-electron chi connectivity index (χ3n) is 5.33. The monoisotopic (exact) mass is 345 g/mol. The Morgan fingerprint density at radius 2 is 2.12 bits per heavy atom. The highest BCUT2D eigenvalue weighted by Gasteiger charge is 2.40. The van der Waals surface area contributed by atoms with Crippen LogP contribution in [0.2, 0.25) is 5.15 Å². The molecule has 2 bridgehead atoms. The van der Waals surface area contributed by atoms with Gasteiger partial charge in [-0.25, -0.2) is 4.98 Å². The van der Waals surface area contributed by atoms with E-state index in [0.717, 1.165) is 25.9 Å². The number of nitrogens with one attached hydrogen (secondary N) is 1. The molecule has 0 aromatic carbocycles. The van der Waals surface area contributed by atoms with E-state index in [2.05, 4.69) is 22.1 Å². The lowest BCUT2D eigenvalue weighted by Crippen LogP contribution is -2.62. The van der Waals surface area contributed by atoms with Crippen LogP contribution in [0.5, 0.6) is 0 Å². The highest BCUT2D eigenvalue weighted by Crippen LogP contribution is 2.32. The van der Waals surface area contributed by atoms with Gasteiger partial charge in [0.1, 0.15) is 10.9 Å². The number of hydrogen-bond donors (Lipinski definition) is 1. The highest BCUT2D eigenvalue weighted by atomic mass is 35.5. The van der Waals surface area contributed by atoms with Crippen LogP contribution in [0, 0.1) is 5.92 Å². The second kappa shape index (κ2) is 6.22. The second-order valence-electron chi connectivity index (χ2n) is 6.62. The van der Waals surface area contributed by atoms with Gasteiger partial charge in [-0.3, -0.25) is 9.69 Å². The van der Waals surface area contributed by atoms with E-state index in [1.54, 1.807) is 24.4 Å². The van der Waals surface area contributed by atoms with Gasteiger partial charge in [0.05, 0.1) is 5.56 Å². The van der Waals surface area contributed by atoms with E-state index in [4.69, 9.17) is 16.0 Å². The number of piperidine rings is 3. The van der Waals surface area contributed by atoms with E-state index in [1.165, 1.54) is 0 Å². The molecule has 5 heterocycles. The Morgan fingerprint density at radius 3 is 2.83 bits per heavy atom. The molecule has 3 saturated heterocycles. The zero-order valence-electron chi connectivity index (χ0n) is 13.5. The topological polar surface area (TPSA) is 58.4 Å². The fourth-order valence-electron chi connectivity index (χ4n) is 3.94. The number of carbonyl (C=O) groups excluding carboxylic acids is 1. The van der Waals surface area contributed by atoms with E-state index in [0.29, 0.717) is 34.2 Å². The van der Waals surface area contributed by atoms with Crippen molar-refractivity contribution in [1.29, 1.82) is 0 Å². The van der Waals surface area contributed by atoms with E-state index in [1.807, 2.05) is 6.07 Å². The number of rotatable bonds is 3. The minimum Gasteiger partial charge on any atom is -0.451 e. The number of fused-ring (bicyclic) bond motifs is 3. The number of nitrogens with zero attached hydrogens (tertiary/aromatic N) is 2. The van der Waals surface area contributed by atoms with Crippen molar-refractivity contribution in [3.63, 3.8) is 0 Å². The summed E-state index contributed by atoms with van der Waals surface area (Å²) in [5.74, 6) is 1.27. The van der Waals surface area contributed by atoms with E-state index >= 15 is 0 Å². The average molecular weight is 346 g/mol. The molecule has 1 amide bonds. The number of halogens is 1. The summed E-state index contributed by atoms with van der Waals surface area (Å²) in [6.45, 7) is 4.48. The Labute approximate surface area is 146 Å². The van der Waals surface area contributed by atoms with E-state index in [-0.39, 0.29) is 11.9 Å². The molecule has 3 fully saturated rings. The van der Waals surface area contributed by atoms with Crippen molar-refractivity contribution in [2.45, 2.75) is 31.8 Å². The molecule has 126 valence electrons. The molecule has 0 saturated carbocycles. The summed E-state index contributed by atoms with van der Waals surface area (Å²) in [7, 11) is 0. The number of furan rings is 1. The minimum absolute atomic E-state index is 0.160. The quantitative estimate of drug-likeness (QED) is 0.868. The summed E-state index contributed by atoms with van der Waals surface area (Å²) in [5, 5.41) is 3.54. The Morgan fingerprint density at radius 1 is 1.33 bits per heavy atom. The third-order valence-corrected chi connectivity index (χ3v) is 5.63. The van der Waals surface area contributed by atoms with E-state index in [9.17, 15) is 4.79 Å². The Hall–Kier alpha value is -1.85. The summed E-state index contributed by atoms with van der Waals surface area (Å²) in [5.41, 5.74) is 0.689. The fraction of sp³-hybridized carbons (Fsp3) is 0.444. The van der Waals surface area contributed by atoms with Gasteiger partial charge in [0, 0.05) is 18.3 Å². The van der Waals surface area contributed by atoms with Gasteiger partial charge in [-0.2, -0.15) is 0 Å². The molecule has 0 aliphatic carbocycles. The van der Waals surface area contributed by atoms with Gasteiger partial charge in [0.15, 0.2) is 5.76 Å². The maximum atomic E-state index is 12.6. The summed E-state index contributed by atoms with van der Waals surface area (Å²) >= 11 is 6.09. The number of pyridine rings is 1. The van der Waals surface area contributed by atoms with Crippen LogP contribution in [-0.2, 0) is 0 Å². The molecule has 5 nitrogen and oxygen atoms in total. The first kappa shape index (κ1) is 15.7. The minimum atomic E-state index is -0.160. The molecule has 3 aliphatic rings. The normalized spacial score (nSPS) is 28.8. The first-order valence-electron chi connectivity index (χ1n) is 8.39. The largest absolute Gasteiger partial charge is 0.451 e. The first-order valence-corrected chi connectivity index (χ1v) is 8.77. The zero-order chi connectivity index (χ0) is 16.7. The van der Waals surface area contributed by atoms with Crippen molar-refractivity contribution in [1.82, 2.24) is 15.2 Å². The molecule has 24 heavy (non-hydrogen) atoms. The van der Waals surface area contributed by atoms with Crippen molar-refractivity contribution in [3.8, 4) is 11.3 Å². The Kier molecular flexibility index (Phi) is 4.06. The van der Waals surface area contributed by atoms with Crippen LogP contribution in [0.4, 0.5) is 0 Å². The molecule has 0 unspecified atom stereocenters. The molecule has 2 aromatic heterocycles. The lowest BCUT2D eigenvalue weighted by atomic mass is 9.79. The van der Waals surface area contributed by atoms with Crippen LogP contribution in [-0.4, -0.2) is 41.0 Å². The molecule has 1 N–H and O–H groups in total. The van der Waals surface area contributed by atoms with Gasteiger partial charge < -0.3 is 9.73 Å². The maximum absolute atomic E-state index is 12.6. The fourth-order valence-corrected chi connectivity index (χ4v) is 4.15. The summed E-state index contributed by atoms with van der Waals surface area (Å²) in [4.78, 5) is 19.1. The van der Waals surface area contributed by atoms with Crippen molar-refractivity contribution in [2.75, 3.05) is 13.1 Å².